The topological polar surface area (TPSA) is 47.6 Å². The molecular weight excluding hydrogens is 362 g/mol. The summed E-state index contributed by atoms with van der Waals surface area (Å²) in [7, 11) is 0. The minimum Gasteiger partial charge on any atom is -0.494 e. The van der Waals surface area contributed by atoms with Crippen molar-refractivity contribution in [1.82, 2.24) is 5.32 Å². The molecule has 146 valence electrons. The Labute approximate surface area is 166 Å². The summed E-state index contributed by atoms with van der Waals surface area (Å²) in [5.74, 6) is 1.07. The first-order valence-electron chi connectivity index (χ1n) is 9.30. The van der Waals surface area contributed by atoms with Crippen LogP contribution >= 0.6 is 11.6 Å². The van der Waals surface area contributed by atoms with Crippen LogP contribution in [-0.4, -0.2) is 19.1 Å². The third kappa shape index (κ3) is 6.56. The number of nitrogens with one attached hydrogen (secondary N) is 1. The van der Waals surface area contributed by atoms with Crippen LogP contribution in [0.15, 0.2) is 42.5 Å². The van der Waals surface area contributed by atoms with Crippen molar-refractivity contribution in [3.8, 4) is 5.75 Å². The van der Waals surface area contributed by atoms with E-state index in [0.29, 0.717) is 36.3 Å². The second-order valence-electron chi connectivity index (χ2n) is 6.91. The molecule has 2 aromatic carbocycles. The Kier molecular flexibility index (Phi) is 8.14. The zero-order valence-corrected chi connectivity index (χ0v) is 17.2. The molecular formula is C22H28ClNO3. The van der Waals surface area contributed by atoms with Gasteiger partial charge in [-0.1, -0.05) is 37.6 Å². The minimum atomic E-state index is -0.134. The van der Waals surface area contributed by atoms with Crippen molar-refractivity contribution in [2.75, 3.05) is 13.2 Å². The normalized spacial score (nSPS) is 12.1. The van der Waals surface area contributed by atoms with E-state index in [9.17, 15) is 4.79 Å². The van der Waals surface area contributed by atoms with E-state index in [1.165, 1.54) is 0 Å². The Morgan fingerprint density at radius 1 is 1.11 bits per heavy atom. The Morgan fingerprint density at radius 2 is 1.81 bits per heavy atom. The van der Waals surface area contributed by atoms with Gasteiger partial charge in [0, 0.05) is 22.8 Å². The standard InChI is InChI=1S/C22H28ClNO3/c1-5-27-21-11-8-18(12-19(21)14-26-13-15(2)3)22(25)24-16(4)17-6-9-20(23)10-7-17/h6-12,15-16H,5,13-14H2,1-4H3,(H,24,25)/t16-/m1/s1. The highest BCUT2D eigenvalue weighted by Crippen LogP contribution is 2.23. The lowest BCUT2D eigenvalue weighted by atomic mass is 10.1. The number of carbonyl (C=O) groups excluding carboxylic acids is 1. The lowest BCUT2D eigenvalue weighted by Gasteiger charge is -2.16. The number of ether oxygens (including phenoxy) is 2. The molecule has 0 aliphatic rings. The molecule has 27 heavy (non-hydrogen) atoms. The maximum Gasteiger partial charge on any atom is 0.251 e. The van der Waals surface area contributed by atoms with Gasteiger partial charge in [-0.3, -0.25) is 4.79 Å². The largest absolute Gasteiger partial charge is 0.494 e. The van der Waals surface area contributed by atoms with E-state index in [2.05, 4.69) is 19.2 Å². The summed E-state index contributed by atoms with van der Waals surface area (Å²) in [6, 6.07) is 12.8. The van der Waals surface area contributed by atoms with E-state index in [4.69, 9.17) is 21.1 Å². The predicted octanol–water partition coefficient (Wildman–Crippen LogP) is 5.40. The van der Waals surface area contributed by atoms with Crippen molar-refractivity contribution in [2.24, 2.45) is 5.92 Å². The van der Waals surface area contributed by atoms with Crippen molar-refractivity contribution in [3.05, 3.63) is 64.2 Å². The van der Waals surface area contributed by atoms with Crippen molar-refractivity contribution in [2.45, 2.75) is 40.3 Å². The maximum atomic E-state index is 12.7. The summed E-state index contributed by atoms with van der Waals surface area (Å²) in [6.45, 7) is 9.74. The summed E-state index contributed by atoms with van der Waals surface area (Å²) in [5, 5.41) is 3.70. The Morgan fingerprint density at radius 3 is 2.44 bits per heavy atom. The van der Waals surface area contributed by atoms with Gasteiger partial charge in [0.05, 0.1) is 19.3 Å². The third-order valence-electron chi connectivity index (χ3n) is 4.05. The molecule has 4 nitrogen and oxygen atoms in total. The van der Waals surface area contributed by atoms with Gasteiger partial charge in [0.2, 0.25) is 0 Å². The van der Waals surface area contributed by atoms with Crippen LogP contribution in [0.5, 0.6) is 5.75 Å². The Balaban J connectivity index is 2.11. The first kappa shape index (κ1) is 21.3. The number of amides is 1. The third-order valence-corrected chi connectivity index (χ3v) is 4.30. The summed E-state index contributed by atoms with van der Waals surface area (Å²) < 4.78 is 11.4. The first-order chi connectivity index (χ1) is 12.9. The van der Waals surface area contributed by atoms with E-state index in [1.54, 1.807) is 6.07 Å². The highest BCUT2D eigenvalue weighted by atomic mass is 35.5. The van der Waals surface area contributed by atoms with Crippen molar-refractivity contribution in [1.29, 1.82) is 0 Å². The van der Waals surface area contributed by atoms with Gasteiger partial charge in [-0.05, 0) is 55.7 Å². The van der Waals surface area contributed by atoms with Gasteiger partial charge in [0.1, 0.15) is 5.75 Å². The molecule has 0 aliphatic carbocycles. The van der Waals surface area contributed by atoms with Crippen LogP contribution in [0.1, 0.15) is 55.2 Å². The van der Waals surface area contributed by atoms with Gasteiger partial charge in [-0.25, -0.2) is 0 Å². The molecule has 0 saturated heterocycles. The fraction of sp³-hybridized carbons (Fsp3) is 0.409. The fourth-order valence-electron chi connectivity index (χ4n) is 2.65. The lowest BCUT2D eigenvalue weighted by molar-refractivity contribution is 0.0928. The van der Waals surface area contributed by atoms with E-state index in [1.807, 2.05) is 50.2 Å². The molecule has 0 aromatic heterocycles. The Hall–Kier alpha value is -2.04. The number of rotatable bonds is 9. The van der Waals surface area contributed by atoms with Crippen LogP contribution in [0.4, 0.5) is 0 Å². The van der Waals surface area contributed by atoms with Crippen LogP contribution in [0.25, 0.3) is 0 Å². The summed E-state index contributed by atoms with van der Waals surface area (Å²) in [6.07, 6.45) is 0. The molecule has 5 heteroatoms. The van der Waals surface area contributed by atoms with Crippen LogP contribution in [-0.2, 0) is 11.3 Å². The van der Waals surface area contributed by atoms with Gasteiger partial charge in [0.25, 0.3) is 5.91 Å². The molecule has 1 N–H and O–H groups in total. The lowest BCUT2D eigenvalue weighted by Crippen LogP contribution is -2.26. The Bertz CT molecular complexity index is 744. The zero-order valence-electron chi connectivity index (χ0n) is 16.4. The molecule has 0 radical (unpaired) electrons. The number of carbonyl (C=O) groups is 1. The van der Waals surface area contributed by atoms with Gasteiger partial charge >= 0.3 is 0 Å². The van der Waals surface area contributed by atoms with E-state index in [0.717, 1.165) is 16.9 Å². The van der Waals surface area contributed by atoms with Crippen LogP contribution in [0.3, 0.4) is 0 Å². The molecule has 0 bridgehead atoms. The van der Waals surface area contributed by atoms with E-state index in [-0.39, 0.29) is 11.9 Å². The number of benzene rings is 2. The minimum absolute atomic E-state index is 0.123. The van der Waals surface area contributed by atoms with Crippen LogP contribution < -0.4 is 10.1 Å². The van der Waals surface area contributed by atoms with Crippen LogP contribution in [0, 0.1) is 5.92 Å². The summed E-state index contributed by atoms with van der Waals surface area (Å²) in [5.41, 5.74) is 2.46. The number of hydrogen-bond acceptors (Lipinski definition) is 3. The molecule has 0 saturated carbocycles. The number of halogens is 1. The highest BCUT2D eigenvalue weighted by molar-refractivity contribution is 6.30. The molecule has 0 unspecified atom stereocenters. The molecule has 2 rings (SSSR count). The highest BCUT2D eigenvalue weighted by Gasteiger charge is 2.14. The molecule has 2 aromatic rings. The quantitative estimate of drug-likeness (QED) is 0.624. The van der Waals surface area contributed by atoms with Crippen molar-refractivity contribution >= 4 is 17.5 Å². The molecule has 1 atom stereocenters. The van der Waals surface area contributed by atoms with Crippen molar-refractivity contribution in [3.63, 3.8) is 0 Å². The number of hydrogen-bond donors (Lipinski definition) is 1. The van der Waals surface area contributed by atoms with Crippen LogP contribution in [0.2, 0.25) is 5.02 Å². The average molecular weight is 390 g/mol. The second-order valence-corrected chi connectivity index (χ2v) is 7.35. The van der Waals surface area contributed by atoms with Crippen molar-refractivity contribution < 1.29 is 14.3 Å². The van der Waals surface area contributed by atoms with E-state index < -0.39 is 0 Å². The molecule has 0 heterocycles. The monoisotopic (exact) mass is 389 g/mol. The van der Waals surface area contributed by atoms with Gasteiger partial charge in [0.15, 0.2) is 0 Å². The molecule has 0 fully saturated rings. The predicted molar refractivity (Wildman–Crippen MR) is 109 cm³/mol. The SMILES string of the molecule is CCOc1ccc(C(=O)N[C@H](C)c2ccc(Cl)cc2)cc1COCC(C)C. The molecule has 0 spiro atoms. The van der Waals surface area contributed by atoms with Gasteiger partial charge in [-0.2, -0.15) is 0 Å². The first-order valence-corrected chi connectivity index (χ1v) is 9.68. The molecule has 0 aliphatic heterocycles. The smallest absolute Gasteiger partial charge is 0.251 e. The zero-order chi connectivity index (χ0) is 19.8. The summed E-state index contributed by atoms with van der Waals surface area (Å²) >= 11 is 5.93. The second kappa shape index (κ2) is 10.3. The van der Waals surface area contributed by atoms with Gasteiger partial charge < -0.3 is 14.8 Å². The summed E-state index contributed by atoms with van der Waals surface area (Å²) in [4.78, 5) is 12.7. The van der Waals surface area contributed by atoms with Gasteiger partial charge in [-0.15, -0.1) is 0 Å². The fourth-order valence-corrected chi connectivity index (χ4v) is 2.78. The molecule has 1 amide bonds. The van der Waals surface area contributed by atoms with E-state index >= 15 is 0 Å². The maximum absolute atomic E-state index is 12.7. The average Bonchev–Trinajstić information content (AvgIpc) is 2.63.